The highest BCUT2D eigenvalue weighted by Crippen LogP contribution is 2.34. The molecule has 2 unspecified atom stereocenters. The quantitative estimate of drug-likeness (QED) is 0.259. The third-order valence-corrected chi connectivity index (χ3v) is 9.22. The highest BCUT2D eigenvalue weighted by Gasteiger charge is 2.46. The van der Waals surface area contributed by atoms with Gasteiger partial charge in [-0.25, -0.2) is 4.79 Å². The summed E-state index contributed by atoms with van der Waals surface area (Å²) in [5.74, 6) is -3.17. The fraction of sp³-hybridized carbons (Fsp3) is 0.625. The Balaban J connectivity index is 1.33. The molecule has 14 heteroatoms. The molecule has 46 heavy (non-hydrogen) atoms. The number of likely N-dealkylation sites (tertiary alicyclic amines) is 1. The number of ketones is 1. The third-order valence-electron chi connectivity index (χ3n) is 8.99. The molecule has 252 valence electrons. The molecule has 0 spiro atoms. The number of benzene rings is 1. The number of anilines is 1. The third kappa shape index (κ3) is 8.89. The van der Waals surface area contributed by atoms with Crippen molar-refractivity contribution < 1.29 is 28.8 Å². The average molecular weight is 660 g/mol. The molecule has 2 aliphatic heterocycles. The first-order chi connectivity index (χ1) is 21.6. The van der Waals surface area contributed by atoms with Crippen molar-refractivity contribution in [3.63, 3.8) is 0 Å². The normalized spacial score (nSPS) is 21.3. The number of nitrogens with zero attached hydrogens (tertiary/aromatic N) is 3. The molecule has 5 N–H and O–H groups in total. The van der Waals surface area contributed by atoms with Gasteiger partial charge in [-0.1, -0.05) is 58.2 Å². The van der Waals surface area contributed by atoms with E-state index in [1.807, 2.05) is 31.2 Å². The van der Waals surface area contributed by atoms with Crippen molar-refractivity contribution in [3.05, 3.63) is 29.3 Å². The molecule has 1 aliphatic carbocycles. The van der Waals surface area contributed by atoms with Gasteiger partial charge < -0.3 is 36.4 Å². The summed E-state index contributed by atoms with van der Waals surface area (Å²) in [4.78, 5) is 82.7. The number of hydrogen-bond donors (Lipinski definition) is 4. The Bertz CT molecular complexity index is 1340. The van der Waals surface area contributed by atoms with E-state index in [1.165, 1.54) is 4.90 Å². The predicted octanol–water partition coefficient (Wildman–Crippen LogP) is 1.28. The monoisotopic (exact) mass is 659 g/mol. The Morgan fingerprint density at radius 3 is 2.24 bits per heavy atom. The van der Waals surface area contributed by atoms with Crippen LogP contribution in [0.1, 0.15) is 53.4 Å². The summed E-state index contributed by atoms with van der Waals surface area (Å²) in [7, 11) is 0. The van der Waals surface area contributed by atoms with Crippen LogP contribution in [0.15, 0.2) is 24.3 Å². The number of nitrogens with two attached hydrogens (primary N) is 1. The minimum atomic E-state index is -1.11. The first kappa shape index (κ1) is 35.0. The lowest BCUT2D eigenvalue weighted by molar-refractivity contribution is -0.144. The standard InChI is InChI=1S/C32H46ClN7O6/c1-19-10-11-40(25(19)29(44)36-23(16-20-8-9-20)26(42)28(34)43)30(45)27(32(2,3)4)37-31(46)35-18-24(41)39-14-12-38(13-15-39)22-7-5-6-21(33)17-22/h5-7,17,19-20,23,25,27H,8-16,18H2,1-4H3,(H2,34,43)(H,36,44)(H2,35,37,46)/t19-,23?,25-,27?/m0/s1. The van der Waals surface area contributed by atoms with Gasteiger partial charge in [0.25, 0.3) is 5.91 Å². The number of urea groups is 1. The molecule has 6 amide bonds. The lowest BCUT2D eigenvalue weighted by Crippen LogP contribution is -2.61. The van der Waals surface area contributed by atoms with Gasteiger partial charge in [-0.3, -0.25) is 24.0 Å². The second kappa shape index (κ2) is 14.7. The van der Waals surface area contributed by atoms with Crippen LogP contribution in [0.4, 0.5) is 10.5 Å². The topological polar surface area (TPSA) is 174 Å². The molecule has 0 radical (unpaired) electrons. The first-order valence-electron chi connectivity index (χ1n) is 15.9. The summed E-state index contributed by atoms with van der Waals surface area (Å²) in [5, 5.41) is 8.65. The zero-order valence-corrected chi connectivity index (χ0v) is 27.8. The van der Waals surface area contributed by atoms with E-state index in [-0.39, 0.29) is 30.8 Å². The lowest BCUT2D eigenvalue weighted by Gasteiger charge is -2.37. The van der Waals surface area contributed by atoms with E-state index in [1.54, 1.807) is 25.7 Å². The molecule has 0 bridgehead atoms. The Hall–Kier alpha value is -3.87. The molecule has 1 saturated carbocycles. The summed E-state index contributed by atoms with van der Waals surface area (Å²) in [6, 6.07) is 3.92. The molecule has 13 nitrogen and oxygen atoms in total. The van der Waals surface area contributed by atoms with Gasteiger partial charge in [0.2, 0.25) is 23.5 Å². The molecule has 3 fully saturated rings. The summed E-state index contributed by atoms with van der Waals surface area (Å²) in [6.07, 6.45) is 2.69. The van der Waals surface area contributed by atoms with Crippen LogP contribution in [0.2, 0.25) is 5.02 Å². The number of hydrogen-bond acceptors (Lipinski definition) is 7. The zero-order valence-electron chi connectivity index (χ0n) is 27.0. The van der Waals surface area contributed by atoms with Crippen LogP contribution in [-0.4, -0.2) is 103 Å². The number of carbonyl (C=O) groups excluding carboxylic acids is 6. The van der Waals surface area contributed by atoms with E-state index >= 15 is 0 Å². The van der Waals surface area contributed by atoms with E-state index in [9.17, 15) is 28.8 Å². The maximum atomic E-state index is 13.9. The highest BCUT2D eigenvalue weighted by atomic mass is 35.5. The maximum Gasteiger partial charge on any atom is 0.315 e. The molecule has 3 aliphatic rings. The molecular formula is C32H46ClN7O6. The van der Waals surface area contributed by atoms with Crippen molar-refractivity contribution in [2.45, 2.75) is 71.5 Å². The number of Topliss-reactive ketones (excluding diaryl/α,β-unsaturated/α-hetero) is 1. The smallest absolute Gasteiger partial charge is 0.315 e. The van der Waals surface area contributed by atoms with E-state index in [2.05, 4.69) is 20.9 Å². The fourth-order valence-corrected chi connectivity index (χ4v) is 6.28. The zero-order chi connectivity index (χ0) is 33.8. The van der Waals surface area contributed by atoms with Gasteiger partial charge in [-0.15, -0.1) is 0 Å². The van der Waals surface area contributed by atoms with Gasteiger partial charge in [0.05, 0.1) is 12.6 Å². The summed E-state index contributed by atoms with van der Waals surface area (Å²) >= 11 is 6.11. The van der Waals surface area contributed by atoms with Crippen molar-refractivity contribution >= 4 is 52.7 Å². The highest BCUT2D eigenvalue weighted by molar-refractivity contribution is 6.37. The van der Waals surface area contributed by atoms with Crippen molar-refractivity contribution in [1.29, 1.82) is 0 Å². The fourth-order valence-electron chi connectivity index (χ4n) is 6.09. The Morgan fingerprint density at radius 2 is 1.65 bits per heavy atom. The number of amides is 6. The molecule has 1 aromatic rings. The van der Waals surface area contributed by atoms with Crippen LogP contribution in [0, 0.1) is 17.3 Å². The van der Waals surface area contributed by atoms with E-state index < -0.39 is 53.1 Å². The molecule has 0 aromatic heterocycles. The van der Waals surface area contributed by atoms with Crippen LogP contribution in [0.25, 0.3) is 0 Å². The van der Waals surface area contributed by atoms with Crippen molar-refractivity contribution in [3.8, 4) is 0 Å². The van der Waals surface area contributed by atoms with Gasteiger partial charge in [-0.2, -0.15) is 0 Å². The van der Waals surface area contributed by atoms with Crippen molar-refractivity contribution in [1.82, 2.24) is 25.8 Å². The number of rotatable bonds is 11. The number of nitrogens with one attached hydrogen (secondary N) is 3. The Morgan fingerprint density at radius 1 is 0.978 bits per heavy atom. The lowest BCUT2D eigenvalue weighted by atomic mass is 9.85. The van der Waals surface area contributed by atoms with Crippen LogP contribution in [-0.2, 0) is 24.0 Å². The number of carbonyl (C=O) groups is 6. The van der Waals surface area contributed by atoms with Crippen LogP contribution in [0.3, 0.4) is 0 Å². The number of primary amides is 1. The largest absolute Gasteiger partial charge is 0.368 e. The Labute approximate surface area is 274 Å². The molecule has 1 aromatic carbocycles. The SMILES string of the molecule is C[C@H]1CCN(C(=O)C(NC(=O)NCC(=O)N2CCN(c3cccc(Cl)c3)CC2)C(C)(C)C)[C@@H]1C(=O)NC(CC1CC1)C(=O)C(N)=O. The molecule has 2 heterocycles. The minimum absolute atomic E-state index is 0.222. The molecule has 2 saturated heterocycles. The van der Waals surface area contributed by atoms with Gasteiger partial charge in [-0.05, 0) is 48.3 Å². The molecule has 4 atom stereocenters. The van der Waals surface area contributed by atoms with E-state index in [0.29, 0.717) is 44.0 Å². The maximum absolute atomic E-state index is 13.9. The van der Waals surface area contributed by atoms with Gasteiger partial charge in [0, 0.05) is 43.4 Å². The number of piperazine rings is 1. The first-order valence-corrected chi connectivity index (χ1v) is 16.3. The molecular weight excluding hydrogens is 614 g/mol. The van der Waals surface area contributed by atoms with Crippen LogP contribution < -0.4 is 26.6 Å². The average Bonchev–Trinajstić information content (AvgIpc) is 3.74. The van der Waals surface area contributed by atoms with E-state index in [0.717, 1.165) is 18.5 Å². The number of halogens is 1. The summed E-state index contributed by atoms with van der Waals surface area (Å²) < 4.78 is 0. The van der Waals surface area contributed by atoms with Crippen LogP contribution in [0.5, 0.6) is 0 Å². The Kier molecular flexibility index (Phi) is 11.2. The van der Waals surface area contributed by atoms with Gasteiger partial charge >= 0.3 is 6.03 Å². The molecule has 4 rings (SSSR count). The van der Waals surface area contributed by atoms with Crippen molar-refractivity contribution in [2.24, 2.45) is 23.0 Å². The second-order valence-corrected chi connectivity index (χ2v) is 14.1. The minimum Gasteiger partial charge on any atom is -0.368 e. The predicted molar refractivity (Wildman–Crippen MR) is 173 cm³/mol. The van der Waals surface area contributed by atoms with E-state index in [4.69, 9.17) is 17.3 Å². The van der Waals surface area contributed by atoms with Gasteiger partial charge in [0.1, 0.15) is 12.1 Å². The second-order valence-electron chi connectivity index (χ2n) is 13.7. The van der Waals surface area contributed by atoms with Crippen molar-refractivity contribution in [2.75, 3.05) is 44.2 Å². The van der Waals surface area contributed by atoms with Gasteiger partial charge in [0.15, 0.2) is 0 Å². The van der Waals surface area contributed by atoms with Crippen LogP contribution >= 0.6 is 11.6 Å². The summed E-state index contributed by atoms with van der Waals surface area (Å²) in [6.45, 7) is 9.50. The summed E-state index contributed by atoms with van der Waals surface area (Å²) in [5.41, 5.74) is 5.48.